The van der Waals surface area contributed by atoms with Gasteiger partial charge >= 0.3 is 0 Å². The fourth-order valence-corrected chi connectivity index (χ4v) is 6.06. The summed E-state index contributed by atoms with van der Waals surface area (Å²) in [6.45, 7) is 10.5. The Kier molecular flexibility index (Phi) is 14.6. The van der Waals surface area contributed by atoms with Crippen molar-refractivity contribution >= 4 is 22.9 Å². The van der Waals surface area contributed by atoms with Gasteiger partial charge < -0.3 is 52.1 Å². The molecular weight excluding hydrogens is 789 g/mol. The van der Waals surface area contributed by atoms with E-state index in [9.17, 15) is 0 Å². The van der Waals surface area contributed by atoms with E-state index in [0.29, 0.717) is 45.2 Å². The van der Waals surface area contributed by atoms with E-state index in [2.05, 4.69) is 42.8 Å². The topological polar surface area (TPSA) is 115 Å². The number of allylic oxidation sites excluding steroid dienone is 1. The molecule has 0 radical (unpaired) electrons. The number of benzene rings is 5. The Morgan fingerprint density at radius 2 is 1.13 bits per heavy atom. The molecule has 0 spiro atoms. The third-order valence-corrected chi connectivity index (χ3v) is 9.87. The van der Waals surface area contributed by atoms with Gasteiger partial charge in [0.25, 0.3) is 0 Å². The number of hydrogen-bond donors (Lipinski definition) is 0. The van der Waals surface area contributed by atoms with E-state index in [1.165, 1.54) is 10.9 Å². The molecule has 0 aromatic heterocycles. The lowest BCUT2D eigenvalue weighted by molar-refractivity contribution is 0.262. The van der Waals surface area contributed by atoms with E-state index in [0.717, 1.165) is 89.6 Å². The number of terminal acetylenes is 1. The van der Waals surface area contributed by atoms with Gasteiger partial charge in [-0.2, -0.15) is 0 Å². The molecule has 6 aliphatic heterocycles. The van der Waals surface area contributed by atoms with Crippen molar-refractivity contribution in [3.8, 4) is 52.6 Å². The van der Waals surface area contributed by atoms with Gasteiger partial charge in [0, 0.05) is 10.9 Å². The number of hydrogen-bond acceptors (Lipinski definition) is 11. The van der Waals surface area contributed by atoms with Crippen LogP contribution in [0.5, 0.6) is 40.2 Å². The third-order valence-electron chi connectivity index (χ3n) is 9.87. The van der Waals surface area contributed by atoms with Crippen molar-refractivity contribution in [1.29, 1.82) is 0 Å². The van der Waals surface area contributed by atoms with Crippen LogP contribution in [0.25, 0.3) is 22.9 Å². The molecule has 6 aliphatic rings. The average Bonchev–Trinajstić information content (AvgIpc) is 4.11. The molecule has 62 heavy (non-hydrogen) atoms. The lowest BCUT2D eigenvalue weighted by Gasteiger charge is -2.15. The van der Waals surface area contributed by atoms with Crippen molar-refractivity contribution in [1.82, 2.24) is 0 Å². The normalized spacial score (nSPS) is 19.8. The van der Waals surface area contributed by atoms with Crippen molar-refractivity contribution in [2.45, 2.75) is 30.8 Å². The smallest absolute Gasteiger partial charge is 0.148 e. The molecule has 5 aromatic carbocycles. The maximum Gasteiger partial charge on any atom is 0.148 e. The Balaban J connectivity index is 0.000000115. The van der Waals surface area contributed by atoms with Crippen LogP contribution in [-0.4, -0.2) is 90.5 Å². The fraction of sp³-hybridized carbons (Fsp3) is 0.294. The second-order valence-electron chi connectivity index (χ2n) is 14.8. The van der Waals surface area contributed by atoms with E-state index in [-0.39, 0.29) is 18.8 Å². The van der Waals surface area contributed by atoms with Gasteiger partial charge in [0.1, 0.15) is 104 Å². The fourth-order valence-electron chi connectivity index (χ4n) is 6.06. The summed E-state index contributed by atoms with van der Waals surface area (Å²) in [7, 11) is 0. The first kappa shape index (κ1) is 42.3. The minimum atomic E-state index is 0.277. The van der Waals surface area contributed by atoms with Crippen LogP contribution >= 0.6 is 0 Å². The van der Waals surface area contributed by atoms with Crippen LogP contribution in [0.2, 0.25) is 0 Å². The molecule has 0 amide bonds. The molecule has 0 aliphatic carbocycles. The van der Waals surface area contributed by atoms with E-state index >= 15 is 0 Å². The molecule has 4 fully saturated rings. The monoisotopic (exact) mass is 838 g/mol. The third kappa shape index (κ3) is 13.5. The SMILES string of the molecule is C#CCOc1ccc(OCC2CO2)cc1.C1=COc2c(ccc3ccc(OCC4CO4)cc23)C1.C1=Cc2cc(OCC3CO3)ccc2OC1.C=Cc1ccc(OCC2CO2)cc1. The second-order valence-corrected chi connectivity index (χ2v) is 14.8. The molecule has 11 heteroatoms. The molecule has 4 unspecified atom stereocenters. The number of ether oxygens (including phenoxy) is 11. The standard InChI is InChI=1S/C16H14O3.2C12H12O3.C11H12O2/c1-2-12-4-3-11-5-6-13(18-9-14-10-19-14)8-15(11)16(12)17-7-1;1-2-9-6-10(14-7-11-8-15-11)3-4-12(9)13-5-1;1-2-7-13-10-3-5-11(6-4-10)14-8-12-9-15-12;1-2-9-3-5-10(6-4-9)12-7-11-8-13-11/h1,3-8,14H,2,9-10H2;1-4,6,11H,5,7-8H2;1,3-6,12H,7-9H2;2-6,11H,1,7-8H2. The molecule has 4 saturated heterocycles. The zero-order valence-electron chi connectivity index (χ0n) is 34.5. The minimum Gasteiger partial charge on any atom is -0.491 e. The predicted molar refractivity (Wildman–Crippen MR) is 237 cm³/mol. The first-order chi connectivity index (χ1) is 30.6. The second kappa shape index (κ2) is 21.4. The first-order valence-corrected chi connectivity index (χ1v) is 20.8. The maximum absolute atomic E-state index is 5.73. The van der Waals surface area contributed by atoms with Gasteiger partial charge in [-0.15, -0.1) is 6.42 Å². The van der Waals surface area contributed by atoms with Gasteiger partial charge in [0.05, 0.1) is 32.7 Å². The number of fused-ring (bicyclic) bond motifs is 4. The van der Waals surface area contributed by atoms with Crippen LogP contribution in [0.3, 0.4) is 0 Å². The molecule has 0 bridgehead atoms. The average molecular weight is 839 g/mol. The Morgan fingerprint density at radius 1 is 0.613 bits per heavy atom. The van der Waals surface area contributed by atoms with Gasteiger partial charge in [-0.3, -0.25) is 0 Å². The molecular formula is C51H50O11. The molecule has 11 nitrogen and oxygen atoms in total. The van der Waals surface area contributed by atoms with Crippen LogP contribution in [0.1, 0.15) is 16.7 Å². The summed E-state index contributed by atoms with van der Waals surface area (Å²) in [6.07, 6.45) is 16.8. The Morgan fingerprint density at radius 3 is 1.71 bits per heavy atom. The van der Waals surface area contributed by atoms with Gasteiger partial charge in [-0.05, 0) is 102 Å². The van der Waals surface area contributed by atoms with Crippen LogP contribution < -0.4 is 33.2 Å². The van der Waals surface area contributed by atoms with Crippen molar-refractivity contribution in [2.24, 2.45) is 0 Å². The summed E-state index contributed by atoms with van der Waals surface area (Å²) in [4.78, 5) is 0. The quantitative estimate of drug-likeness (QED) is 0.0747. The largest absolute Gasteiger partial charge is 0.491 e. The van der Waals surface area contributed by atoms with Crippen LogP contribution in [0.4, 0.5) is 0 Å². The summed E-state index contributed by atoms with van der Waals surface area (Å²) in [5.74, 6) is 8.49. The van der Waals surface area contributed by atoms with E-state index in [1.54, 1.807) is 6.26 Å². The van der Waals surface area contributed by atoms with Crippen molar-refractivity contribution in [3.63, 3.8) is 0 Å². The molecule has 11 rings (SSSR count). The lowest BCUT2D eigenvalue weighted by atomic mass is 10.0. The highest BCUT2D eigenvalue weighted by atomic mass is 16.6. The van der Waals surface area contributed by atoms with Gasteiger partial charge in [-0.25, -0.2) is 0 Å². The van der Waals surface area contributed by atoms with Crippen LogP contribution in [0.15, 0.2) is 122 Å². The van der Waals surface area contributed by atoms with Crippen molar-refractivity contribution in [3.05, 3.63) is 139 Å². The Bertz CT molecular complexity index is 2330. The molecule has 6 heterocycles. The highest BCUT2D eigenvalue weighted by molar-refractivity contribution is 5.91. The van der Waals surface area contributed by atoms with Gasteiger partial charge in [0.15, 0.2) is 0 Å². The summed E-state index contributed by atoms with van der Waals surface area (Å²) in [5, 5.41) is 2.28. The zero-order valence-corrected chi connectivity index (χ0v) is 34.5. The summed E-state index contributed by atoms with van der Waals surface area (Å²) in [6, 6.07) is 31.5. The molecule has 4 atom stereocenters. The van der Waals surface area contributed by atoms with Crippen LogP contribution in [-0.2, 0) is 25.4 Å². The molecule has 0 N–H and O–H groups in total. The van der Waals surface area contributed by atoms with Crippen molar-refractivity contribution < 1.29 is 52.1 Å². The maximum atomic E-state index is 5.73. The Hall–Kier alpha value is -6.42. The number of rotatable bonds is 15. The van der Waals surface area contributed by atoms with E-state index < -0.39 is 0 Å². The summed E-state index contributed by atoms with van der Waals surface area (Å²) in [5.41, 5.74) is 3.41. The first-order valence-electron chi connectivity index (χ1n) is 20.8. The molecule has 0 saturated carbocycles. The molecule has 5 aromatic rings. The highest BCUT2D eigenvalue weighted by Gasteiger charge is 2.25. The Labute approximate surface area is 362 Å². The van der Waals surface area contributed by atoms with Gasteiger partial charge in [-0.1, -0.05) is 55.0 Å². The molecule has 320 valence electrons. The zero-order chi connectivity index (χ0) is 42.4. The number of epoxide rings is 4. The summed E-state index contributed by atoms with van der Waals surface area (Å²) < 4.78 is 58.9. The minimum absolute atomic E-state index is 0.277. The van der Waals surface area contributed by atoms with Crippen molar-refractivity contribution in [2.75, 3.05) is 66.1 Å². The predicted octanol–water partition coefficient (Wildman–Crippen LogP) is 8.52. The van der Waals surface area contributed by atoms with Crippen LogP contribution in [0, 0.1) is 12.3 Å². The highest BCUT2D eigenvalue weighted by Crippen LogP contribution is 2.35. The lowest BCUT2D eigenvalue weighted by Crippen LogP contribution is -2.05. The summed E-state index contributed by atoms with van der Waals surface area (Å²) >= 11 is 0. The van der Waals surface area contributed by atoms with E-state index in [4.69, 9.17) is 58.5 Å². The van der Waals surface area contributed by atoms with E-state index in [1.807, 2.05) is 91.0 Å². The van der Waals surface area contributed by atoms with Gasteiger partial charge in [0.2, 0.25) is 0 Å².